The molecule has 6 nitrogen and oxygen atoms in total. The van der Waals surface area contributed by atoms with E-state index in [0.717, 1.165) is 70.3 Å². The first-order chi connectivity index (χ1) is 13.8. The zero-order chi connectivity index (χ0) is 19.4. The van der Waals surface area contributed by atoms with Gasteiger partial charge in [0.15, 0.2) is 5.96 Å². The Balaban J connectivity index is 0.00000300. The van der Waals surface area contributed by atoms with Crippen LogP contribution in [0, 0.1) is 0 Å². The van der Waals surface area contributed by atoms with Gasteiger partial charge in [-0.3, -0.25) is 4.99 Å². The predicted molar refractivity (Wildman–Crippen MR) is 130 cm³/mol. The quantitative estimate of drug-likeness (QED) is 0.198. The van der Waals surface area contributed by atoms with Crippen LogP contribution in [-0.4, -0.2) is 43.8 Å². The van der Waals surface area contributed by atoms with Crippen LogP contribution in [0.3, 0.4) is 0 Å². The Morgan fingerprint density at radius 3 is 2.83 bits per heavy atom. The van der Waals surface area contributed by atoms with Crippen molar-refractivity contribution < 1.29 is 9.15 Å². The molecular weight excluding hydrogens is 499 g/mol. The van der Waals surface area contributed by atoms with Gasteiger partial charge in [-0.05, 0) is 51.2 Å². The molecular formula is C21H33IN4O2S. The van der Waals surface area contributed by atoms with E-state index in [1.165, 1.54) is 34.8 Å². The van der Waals surface area contributed by atoms with Crippen molar-refractivity contribution in [1.82, 2.24) is 15.6 Å². The van der Waals surface area contributed by atoms with Crippen LogP contribution in [0.2, 0.25) is 0 Å². The molecule has 2 aromatic rings. The van der Waals surface area contributed by atoms with Gasteiger partial charge in [0.05, 0.1) is 17.0 Å². The molecule has 0 unspecified atom stereocenters. The molecule has 0 fully saturated rings. The van der Waals surface area contributed by atoms with E-state index >= 15 is 0 Å². The fraction of sp³-hybridized carbons (Fsp3) is 0.619. The molecule has 0 radical (unpaired) electrons. The maximum absolute atomic E-state index is 5.40. The van der Waals surface area contributed by atoms with E-state index < -0.39 is 0 Å². The number of ether oxygens (including phenoxy) is 1. The first-order valence-corrected chi connectivity index (χ1v) is 11.3. The van der Waals surface area contributed by atoms with E-state index in [9.17, 15) is 0 Å². The molecule has 1 aliphatic carbocycles. The Bertz CT molecular complexity index is 695. The summed E-state index contributed by atoms with van der Waals surface area (Å²) in [6.07, 6.45) is 9.38. The standard InChI is InChI=1S/C21H32N4O2S.HI/c1-2-26-15-6-12-22-21(23-13-10-17-7-5-16-27-17)24-14-11-20-25-18-8-3-4-9-19(18)28-20;/h5,7,16H,2-4,6,8-15H2,1H3,(H2,22,23,24);1H. The fourth-order valence-corrected chi connectivity index (χ4v) is 4.39. The molecule has 0 saturated heterocycles. The van der Waals surface area contributed by atoms with Crippen LogP contribution >= 0.6 is 35.3 Å². The molecule has 0 amide bonds. The van der Waals surface area contributed by atoms with Crippen LogP contribution in [0.1, 0.15) is 47.5 Å². The van der Waals surface area contributed by atoms with Crippen molar-refractivity contribution in [2.45, 2.75) is 51.9 Å². The van der Waals surface area contributed by atoms with E-state index in [2.05, 4.69) is 15.6 Å². The van der Waals surface area contributed by atoms with E-state index in [1.807, 2.05) is 30.4 Å². The second-order valence-electron chi connectivity index (χ2n) is 6.90. The summed E-state index contributed by atoms with van der Waals surface area (Å²) < 4.78 is 10.8. The van der Waals surface area contributed by atoms with Crippen molar-refractivity contribution >= 4 is 41.3 Å². The van der Waals surface area contributed by atoms with Gasteiger partial charge < -0.3 is 19.8 Å². The average molecular weight is 532 g/mol. The minimum absolute atomic E-state index is 0. The van der Waals surface area contributed by atoms with Crippen molar-refractivity contribution in [1.29, 1.82) is 0 Å². The van der Waals surface area contributed by atoms with Crippen molar-refractivity contribution in [3.63, 3.8) is 0 Å². The first-order valence-electron chi connectivity index (χ1n) is 10.4. The monoisotopic (exact) mass is 532 g/mol. The van der Waals surface area contributed by atoms with Gasteiger partial charge in [-0.15, -0.1) is 35.3 Å². The molecule has 1 aliphatic rings. The largest absolute Gasteiger partial charge is 0.469 e. The van der Waals surface area contributed by atoms with Gasteiger partial charge in [-0.1, -0.05) is 0 Å². The van der Waals surface area contributed by atoms with Gasteiger partial charge in [-0.25, -0.2) is 4.98 Å². The number of nitrogens with one attached hydrogen (secondary N) is 2. The van der Waals surface area contributed by atoms with Crippen molar-refractivity contribution in [3.8, 4) is 0 Å². The number of aryl methyl sites for hydroxylation is 2. The van der Waals surface area contributed by atoms with Gasteiger partial charge >= 0.3 is 0 Å². The molecule has 2 N–H and O–H groups in total. The lowest BCUT2D eigenvalue weighted by Crippen LogP contribution is -2.39. The van der Waals surface area contributed by atoms with Crippen LogP contribution in [0.15, 0.2) is 27.8 Å². The lowest BCUT2D eigenvalue weighted by Gasteiger charge is -2.12. The topological polar surface area (TPSA) is 71.7 Å². The smallest absolute Gasteiger partial charge is 0.191 e. The highest BCUT2D eigenvalue weighted by molar-refractivity contribution is 14.0. The molecule has 0 saturated carbocycles. The number of furan rings is 1. The lowest BCUT2D eigenvalue weighted by molar-refractivity contribution is 0.146. The zero-order valence-electron chi connectivity index (χ0n) is 17.2. The van der Waals surface area contributed by atoms with Gasteiger partial charge in [0.25, 0.3) is 0 Å². The first kappa shape index (κ1) is 24.1. The Kier molecular flexibility index (Phi) is 11.6. The molecule has 0 spiro atoms. The predicted octanol–water partition coefficient (Wildman–Crippen LogP) is 3.98. The molecule has 0 atom stereocenters. The molecule has 0 bridgehead atoms. The SMILES string of the molecule is CCOCCCN=C(NCCc1ccco1)NCCc1nc2c(s1)CCCC2.I. The Morgan fingerprint density at radius 1 is 1.24 bits per heavy atom. The van der Waals surface area contributed by atoms with Crippen LogP contribution in [0.25, 0.3) is 0 Å². The van der Waals surface area contributed by atoms with Crippen LogP contribution < -0.4 is 10.6 Å². The minimum atomic E-state index is 0. The summed E-state index contributed by atoms with van der Waals surface area (Å²) in [6, 6.07) is 3.92. The highest BCUT2D eigenvalue weighted by Gasteiger charge is 2.14. The second-order valence-corrected chi connectivity index (χ2v) is 8.07. The number of hydrogen-bond donors (Lipinski definition) is 2. The molecule has 0 aliphatic heterocycles. The number of aromatic nitrogens is 1. The maximum Gasteiger partial charge on any atom is 0.191 e. The van der Waals surface area contributed by atoms with Crippen molar-refractivity contribution in [3.05, 3.63) is 39.7 Å². The molecule has 2 heterocycles. The minimum Gasteiger partial charge on any atom is -0.469 e. The Labute approximate surface area is 194 Å². The lowest BCUT2D eigenvalue weighted by atomic mass is 10.0. The maximum atomic E-state index is 5.40. The van der Waals surface area contributed by atoms with E-state index in [4.69, 9.17) is 14.1 Å². The Morgan fingerprint density at radius 2 is 2.07 bits per heavy atom. The van der Waals surface area contributed by atoms with E-state index in [0.29, 0.717) is 0 Å². The normalized spacial score (nSPS) is 13.6. The highest BCUT2D eigenvalue weighted by atomic mass is 127. The average Bonchev–Trinajstić information content (AvgIpc) is 3.36. The summed E-state index contributed by atoms with van der Waals surface area (Å²) in [5, 5.41) is 8.10. The molecule has 2 aromatic heterocycles. The third-order valence-corrected chi connectivity index (χ3v) is 5.90. The van der Waals surface area contributed by atoms with E-state index in [-0.39, 0.29) is 24.0 Å². The molecule has 162 valence electrons. The number of rotatable bonds is 11. The molecule has 8 heteroatoms. The van der Waals surface area contributed by atoms with Crippen LogP contribution in [-0.2, 0) is 30.4 Å². The number of hydrogen-bond acceptors (Lipinski definition) is 5. The summed E-state index contributed by atoms with van der Waals surface area (Å²) in [5.41, 5.74) is 1.34. The number of guanidine groups is 1. The molecule has 3 rings (SSSR count). The number of thiazole rings is 1. The summed E-state index contributed by atoms with van der Waals surface area (Å²) in [5.74, 6) is 1.83. The summed E-state index contributed by atoms with van der Waals surface area (Å²) in [7, 11) is 0. The summed E-state index contributed by atoms with van der Waals surface area (Å²) >= 11 is 1.89. The van der Waals surface area contributed by atoms with Gasteiger partial charge in [0.2, 0.25) is 0 Å². The number of fused-ring (bicyclic) bond motifs is 1. The van der Waals surface area contributed by atoms with E-state index in [1.54, 1.807) is 6.26 Å². The highest BCUT2D eigenvalue weighted by Crippen LogP contribution is 2.26. The van der Waals surface area contributed by atoms with Gasteiger partial charge in [0, 0.05) is 50.6 Å². The van der Waals surface area contributed by atoms with Gasteiger partial charge in [-0.2, -0.15) is 0 Å². The third-order valence-electron chi connectivity index (χ3n) is 4.69. The zero-order valence-corrected chi connectivity index (χ0v) is 20.4. The fourth-order valence-electron chi connectivity index (χ4n) is 3.24. The Hall–Kier alpha value is -1.13. The van der Waals surface area contributed by atoms with Crippen molar-refractivity contribution in [2.24, 2.45) is 4.99 Å². The third kappa shape index (κ3) is 8.64. The van der Waals surface area contributed by atoms with Gasteiger partial charge in [0.1, 0.15) is 5.76 Å². The molecule has 29 heavy (non-hydrogen) atoms. The number of nitrogens with zero attached hydrogens (tertiary/aromatic N) is 2. The van der Waals surface area contributed by atoms with Crippen molar-refractivity contribution in [2.75, 3.05) is 32.8 Å². The summed E-state index contributed by atoms with van der Waals surface area (Å²) in [4.78, 5) is 11.0. The van der Waals surface area contributed by atoms with Crippen LogP contribution in [0.5, 0.6) is 0 Å². The summed E-state index contributed by atoms with van der Waals surface area (Å²) in [6.45, 7) is 5.91. The van der Waals surface area contributed by atoms with Crippen LogP contribution in [0.4, 0.5) is 0 Å². The molecule has 0 aromatic carbocycles. The second kappa shape index (κ2) is 14.0. The number of aliphatic imine (C=N–C) groups is 1. The number of halogens is 1.